The number of pyridine rings is 1. The van der Waals surface area contributed by atoms with E-state index in [9.17, 15) is 4.79 Å². The monoisotopic (exact) mass is 195 g/mol. The van der Waals surface area contributed by atoms with E-state index >= 15 is 0 Å². The molecule has 0 bridgehead atoms. The van der Waals surface area contributed by atoms with Gasteiger partial charge in [-0.15, -0.1) is 0 Å². The van der Waals surface area contributed by atoms with Gasteiger partial charge in [-0.3, -0.25) is 4.79 Å². The Bertz CT molecular complexity index is 354. The minimum atomic E-state index is -0.0520. The van der Waals surface area contributed by atoms with Crippen molar-refractivity contribution in [1.29, 1.82) is 0 Å². The third-order valence-corrected chi connectivity index (χ3v) is 2.01. The van der Waals surface area contributed by atoms with Crippen molar-refractivity contribution in [1.82, 2.24) is 4.98 Å². The maximum atomic E-state index is 10.9. The first-order valence-corrected chi connectivity index (χ1v) is 4.84. The summed E-state index contributed by atoms with van der Waals surface area (Å²) in [4.78, 5) is 13.6. The predicted octanol–water partition coefficient (Wildman–Crippen LogP) is 2.02. The van der Waals surface area contributed by atoms with Gasteiger partial charge >= 0.3 is 0 Å². The van der Waals surface area contributed by atoms with Crippen LogP contribution in [0.2, 0.25) is 0 Å². The molecule has 1 N–H and O–H groups in total. The first-order valence-electron chi connectivity index (χ1n) is 4.21. The van der Waals surface area contributed by atoms with Crippen LogP contribution in [0, 0.1) is 6.92 Å². The number of rotatable bonds is 3. The maximum absolute atomic E-state index is 10.9. The van der Waals surface area contributed by atoms with E-state index in [4.69, 9.17) is 0 Å². The Labute approximate surface area is 83.1 Å². The van der Waals surface area contributed by atoms with E-state index in [2.05, 4.69) is 17.6 Å². The average Bonchev–Trinajstić information content (AvgIpc) is 2.09. The van der Waals surface area contributed by atoms with E-state index in [0.717, 1.165) is 23.4 Å². The normalized spacial score (nSPS) is 10.9. The molecule has 0 saturated carbocycles. The highest BCUT2D eigenvalue weighted by molar-refractivity contribution is 7.80. The minimum Gasteiger partial charge on any atom is -0.326 e. The van der Waals surface area contributed by atoms with Crippen LogP contribution < -0.4 is 5.56 Å². The summed E-state index contributed by atoms with van der Waals surface area (Å²) < 4.78 is 0. The van der Waals surface area contributed by atoms with Crippen LogP contribution in [0.25, 0.3) is 6.08 Å². The molecule has 70 valence electrons. The van der Waals surface area contributed by atoms with E-state index in [1.54, 1.807) is 0 Å². The molecule has 0 atom stereocenters. The van der Waals surface area contributed by atoms with Gasteiger partial charge < -0.3 is 4.98 Å². The van der Waals surface area contributed by atoms with Crippen molar-refractivity contribution in [2.24, 2.45) is 0 Å². The van der Waals surface area contributed by atoms with Crippen molar-refractivity contribution in [3.63, 3.8) is 0 Å². The number of aromatic nitrogens is 1. The zero-order valence-electron chi connectivity index (χ0n) is 7.58. The number of hydrogen-bond acceptors (Lipinski definition) is 2. The quantitative estimate of drug-likeness (QED) is 0.711. The zero-order chi connectivity index (χ0) is 9.68. The lowest BCUT2D eigenvalue weighted by atomic mass is 10.2. The van der Waals surface area contributed by atoms with E-state index < -0.39 is 0 Å². The second-order valence-electron chi connectivity index (χ2n) is 2.82. The van der Waals surface area contributed by atoms with Gasteiger partial charge in [0, 0.05) is 11.8 Å². The Morgan fingerprint density at radius 3 is 2.92 bits per heavy atom. The average molecular weight is 195 g/mol. The zero-order valence-corrected chi connectivity index (χ0v) is 8.47. The van der Waals surface area contributed by atoms with Crippen LogP contribution >= 0.6 is 12.6 Å². The Balaban J connectivity index is 2.83. The third-order valence-electron chi connectivity index (χ3n) is 1.75. The summed E-state index contributed by atoms with van der Waals surface area (Å²) in [5.41, 5.74) is 1.91. The lowest BCUT2D eigenvalue weighted by Crippen LogP contribution is -2.05. The number of thiol groups is 1. The van der Waals surface area contributed by atoms with Crippen molar-refractivity contribution in [3.8, 4) is 0 Å². The molecule has 1 aromatic rings. The van der Waals surface area contributed by atoms with Gasteiger partial charge in [0.15, 0.2) is 0 Å². The highest BCUT2D eigenvalue weighted by atomic mass is 32.1. The summed E-state index contributed by atoms with van der Waals surface area (Å²) in [5, 5.41) is 0. The number of H-pyrrole nitrogens is 1. The SMILES string of the molecule is Cc1[nH]c(=O)ccc1C=CCCS. The summed E-state index contributed by atoms with van der Waals surface area (Å²) in [7, 11) is 0. The smallest absolute Gasteiger partial charge is 0.248 e. The third kappa shape index (κ3) is 3.11. The fourth-order valence-electron chi connectivity index (χ4n) is 1.05. The lowest BCUT2D eigenvalue weighted by molar-refractivity contribution is 1.13. The molecule has 3 heteroatoms. The Hall–Kier alpha value is -0.960. The number of aryl methyl sites for hydroxylation is 1. The molecule has 1 heterocycles. The van der Waals surface area contributed by atoms with Gasteiger partial charge in [0.1, 0.15) is 0 Å². The highest BCUT2D eigenvalue weighted by Crippen LogP contribution is 2.04. The van der Waals surface area contributed by atoms with Gasteiger partial charge in [-0.25, -0.2) is 0 Å². The molecular formula is C10H13NOS. The summed E-state index contributed by atoms with van der Waals surface area (Å²) in [5.74, 6) is 0.846. The van der Waals surface area contributed by atoms with Crippen molar-refractivity contribution in [2.45, 2.75) is 13.3 Å². The minimum absolute atomic E-state index is 0.0520. The van der Waals surface area contributed by atoms with Crippen LogP contribution in [0.3, 0.4) is 0 Å². The largest absolute Gasteiger partial charge is 0.326 e. The Morgan fingerprint density at radius 1 is 1.54 bits per heavy atom. The van der Waals surface area contributed by atoms with Crippen LogP contribution in [-0.2, 0) is 0 Å². The Morgan fingerprint density at radius 2 is 2.31 bits per heavy atom. The fourth-order valence-corrected chi connectivity index (χ4v) is 1.20. The van der Waals surface area contributed by atoms with Crippen LogP contribution in [0.1, 0.15) is 17.7 Å². The van der Waals surface area contributed by atoms with Gasteiger partial charge in [0.05, 0.1) is 0 Å². The molecule has 0 aliphatic carbocycles. The number of nitrogens with one attached hydrogen (secondary N) is 1. The second kappa shape index (κ2) is 4.92. The molecule has 0 aliphatic heterocycles. The van der Waals surface area contributed by atoms with Crippen LogP contribution in [-0.4, -0.2) is 10.7 Å². The topological polar surface area (TPSA) is 32.9 Å². The summed E-state index contributed by atoms with van der Waals surface area (Å²) >= 11 is 4.10. The first-order chi connectivity index (χ1) is 6.24. The van der Waals surface area contributed by atoms with Crippen molar-refractivity contribution in [2.75, 3.05) is 5.75 Å². The van der Waals surface area contributed by atoms with Gasteiger partial charge in [0.25, 0.3) is 0 Å². The fraction of sp³-hybridized carbons (Fsp3) is 0.300. The molecule has 1 aromatic heterocycles. The molecule has 0 aliphatic rings. The Kier molecular flexibility index (Phi) is 3.83. The molecule has 0 unspecified atom stereocenters. The highest BCUT2D eigenvalue weighted by Gasteiger charge is 1.92. The van der Waals surface area contributed by atoms with Crippen LogP contribution in [0.4, 0.5) is 0 Å². The second-order valence-corrected chi connectivity index (χ2v) is 3.26. The number of hydrogen-bond donors (Lipinski definition) is 2. The summed E-state index contributed by atoms with van der Waals surface area (Å²) in [6.45, 7) is 1.89. The summed E-state index contributed by atoms with van der Waals surface area (Å²) in [6.07, 6.45) is 5.00. The van der Waals surface area contributed by atoms with E-state index in [1.807, 2.05) is 25.1 Å². The molecule has 1 rings (SSSR count). The maximum Gasteiger partial charge on any atom is 0.248 e. The van der Waals surface area contributed by atoms with Gasteiger partial charge in [-0.05, 0) is 30.7 Å². The predicted molar refractivity (Wildman–Crippen MR) is 59.3 cm³/mol. The lowest BCUT2D eigenvalue weighted by Gasteiger charge is -1.97. The molecule has 0 saturated heterocycles. The van der Waals surface area contributed by atoms with Gasteiger partial charge in [-0.1, -0.05) is 12.2 Å². The van der Waals surface area contributed by atoms with Gasteiger partial charge in [-0.2, -0.15) is 12.6 Å². The molecule has 2 nitrogen and oxygen atoms in total. The van der Waals surface area contributed by atoms with E-state index in [-0.39, 0.29) is 5.56 Å². The molecule has 0 spiro atoms. The molecular weight excluding hydrogens is 182 g/mol. The van der Waals surface area contributed by atoms with Gasteiger partial charge in [0.2, 0.25) is 5.56 Å². The molecule has 0 aromatic carbocycles. The first kappa shape index (κ1) is 10.1. The molecule has 0 fully saturated rings. The van der Waals surface area contributed by atoms with E-state index in [0.29, 0.717) is 0 Å². The van der Waals surface area contributed by atoms with Crippen LogP contribution in [0.15, 0.2) is 23.0 Å². The van der Waals surface area contributed by atoms with Crippen LogP contribution in [0.5, 0.6) is 0 Å². The molecule has 0 radical (unpaired) electrons. The van der Waals surface area contributed by atoms with E-state index in [1.165, 1.54) is 6.07 Å². The number of aromatic amines is 1. The number of allylic oxidation sites excluding steroid dienone is 1. The standard InChI is InChI=1S/C10H13NOS/c1-8-9(4-2-3-7-13)5-6-10(12)11-8/h2,4-6,13H,3,7H2,1H3,(H,11,12). The van der Waals surface area contributed by atoms with Crippen molar-refractivity contribution < 1.29 is 0 Å². The van der Waals surface area contributed by atoms with Crippen molar-refractivity contribution >= 4 is 18.7 Å². The molecule has 0 amide bonds. The molecule has 13 heavy (non-hydrogen) atoms. The van der Waals surface area contributed by atoms with Crippen molar-refractivity contribution in [3.05, 3.63) is 39.8 Å². The summed E-state index contributed by atoms with van der Waals surface area (Å²) in [6, 6.07) is 3.36.